The molecule has 0 bridgehead atoms. The molecule has 5 rings (SSSR count). The van der Waals surface area contributed by atoms with Crippen LogP contribution in [-0.4, -0.2) is 81.1 Å². The van der Waals surface area contributed by atoms with Gasteiger partial charge in [-0.3, -0.25) is 14.6 Å². The second kappa shape index (κ2) is 10.2. The zero-order chi connectivity index (χ0) is 23.8. The summed E-state index contributed by atoms with van der Waals surface area (Å²) in [4.78, 5) is 28.3. The molecule has 3 heterocycles. The van der Waals surface area contributed by atoms with Gasteiger partial charge in [-0.2, -0.15) is 0 Å². The molecule has 0 spiro atoms. The molecule has 3 aliphatic rings. The number of aromatic nitrogens is 2. The lowest BCUT2D eigenvalue weighted by atomic mass is 9.91. The number of carbonyl (C=O) groups is 1. The Morgan fingerprint density at radius 3 is 2.56 bits per heavy atom. The van der Waals surface area contributed by atoms with Crippen LogP contribution >= 0.6 is 11.3 Å². The van der Waals surface area contributed by atoms with E-state index in [1.165, 1.54) is 56.4 Å². The van der Waals surface area contributed by atoms with Crippen LogP contribution in [0.5, 0.6) is 5.88 Å². The maximum Gasteiger partial charge on any atom is 0.225 e. The van der Waals surface area contributed by atoms with Crippen LogP contribution in [0.3, 0.4) is 0 Å². The summed E-state index contributed by atoms with van der Waals surface area (Å²) in [5.41, 5.74) is 1.22. The molecule has 0 amide bonds. The fourth-order valence-corrected chi connectivity index (χ4v) is 7.34. The lowest BCUT2D eigenvalue weighted by molar-refractivity contribution is -0.125. The Balaban J connectivity index is 1.25. The molecule has 34 heavy (non-hydrogen) atoms. The topological polar surface area (TPSA) is 78.8 Å². The van der Waals surface area contributed by atoms with Gasteiger partial charge in [0, 0.05) is 43.1 Å². The number of piperazine rings is 1. The fraction of sp³-hybridized carbons (Fsp3) is 0.731. The van der Waals surface area contributed by atoms with Gasteiger partial charge in [0.2, 0.25) is 5.88 Å². The first-order chi connectivity index (χ1) is 16.4. The standard InChI is InChI=1S/C26H38N4O3S/c1-16(2)29-10-12-30(13-11-29)19-5-7-20(8-6-19)33-25-24-23-18(14-21(32)17(3)31)4-9-22(23)34-26(24)28-15-27-25/h15-16,18-21,32H,4-14H2,1-3H3/t18-,19?,20?,21-/m1/s1. The molecule has 0 radical (unpaired) electrons. The van der Waals surface area contributed by atoms with E-state index in [4.69, 9.17) is 4.74 Å². The van der Waals surface area contributed by atoms with Crippen LogP contribution in [0.25, 0.3) is 10.2 Å². The van der Waals surface area contributed by atoms with Gasteiger partial charge >= 0.3 is 0 Å². The maximum atomic E-state index is 11.7. The molecule has 1 saturated carbocycles. The number of Topliss-reactive ketones (excluding diaryl/α,β-unsaturated/α-hetero) is 1. The van der Waals surface area contributed by atoms with Crippen molar-refractivity contribution in [2.24, 2.45) is 0 Å². The molecule has 7 nitrogen and oxygen atoms in total. The third-order valence-electron chi connectivity index (χ3n) is 8.19. The highest BCUT2D eigenvalue weighted by Crippen LogP contribution is 2.47. The van der Waals surface area contributed by atoms with E-state index in [2.05, 4.69) is 33.6 Å². The number of ketones is 1. The summed E-state index contributed by atoms with van der Waals surface area (Å²) < 4.78 is 6.54. The fourth-order valence-electron chi connectivity index (χ4n) is 6.11. The minimum Gasteiger partial charge on any atom is -0.474 e. The van der Waals surface area contributed by atoms with E-state index in [0.29, 0.717) is 24.4 Å². The number of nitrogens with zero attached hydrogens (tertiary/aromatic N) is 4. The van der Waals surface area contributed by atoms with Gasteiger partial charge in [0.05, 0.1) is 5.39 Å². The Bertz CT molecular complexity index is 1010. The Labute approximate surface area is 206 Å². The molecule has 2 aliphatic carbocycles. The Hall–Kier alpha value is -1.61. The zero-order valence-corrected chi connectivity index (χ0v) is 21.5. The predicted molar refractivity (Wildman–Crippen MR) is 135 cm³/mol. The van der Waals surface area contributed by atoms with E-state index in [9.17, 15) is 9.90 Å². The highest BCUT2D eigenvalue weighted by atomic mass is 32.1. The highest BCUT2D eigenvalue weighted by Gasteiger charge is 2.34. The van der Waals surface area contributed by atoms with Gasteiger partial charge in [-0.1, -0.05) is 0 Å². The van der Waals surface area contributed by atoms with Crippen LogP contribution in [0.2, 0.25) is 0 Å². The third kappa shape index (κ3) is 4.87. The van der Waals surface area contributed by atoms with E-state index in [0.717, 1.165) is 35.9 Å². The minimum atomic E-state index is -0.905. The van der Waals surface area contributed by atoms with Gasteiger partial charge in [0.15, 0.2) is 5.78 Å². The number of rotatable bonds is 7. The Kier molecular flexibility index (Phi) is 7.21. The summed E-state index contributed by atoms with van der Waals surface area (Å²) >= 11 is 1.71. The van der Waals surface area contributed by atoms with E-state index in [1.807, 2.05) is 0 Å². The normalized spacial score (nSPS) is 27.3. The van der Waals surface area contributed by atoms with Gasteiger partial charge in [0.25, 0.3) is 0 Å². The van der Waals surface area contributed by atoms with Crippen molar-refractivity contribution in [3.05, 3.63) is 16.8 Å². The largest absolute Gasteiger partial charge is 0.474 e. The van der Waals surface area contributed by atoms with Crippen molar-refractivity contribution >= 4 is 27.3 Å². The van der Waals surface area contributed by atoms with Crippen LogP contribution in [-0.2, 0) is 11.2 Å². The lowest BCUT2D eigenvalue weighted by Gasteiger charge is -2.43. The van der Waals surface area contributed by atoms with E-state index in [1.54, 1.807) is 17.7 Å². The van der Waals surface area contributed by atoms with Crippen molar-refractivity contribution < 1.29 is 14.6 Å². The summed E-state index contributed by atoms with van der Waals surface area (Å²) in [6.07, 6.45) is 7.76. The van der Waals surface area contributed by atoms with Gasteiger partial charge < -0.3 is 9.84 Å². The van der Waals surface area contributed by atoms with Crippen molar-refractivity contribution in [3.63, 3.8) is 0 Å². The summed E-state index contributed by atoms with van der Waals surface area (Å²) in [5.74, 6) is 0.694. The van der Waals surface area contributed by atoms with Gasteiger partial charge in [-0.15, -0.1) is 11.3 Å². The summed E-state index contributed by atoms with van der Waals surface area (Å²) in [6, 6.07) is 1.31. The predicted octanol–water partition coefficient (Wildman–Crippen LogP) is 3.78. The molecule has 2 aromatic rings. The smallest absolute Gasteiger partial charge is 0.225 e. The van der Waals surface area contributed by atoms with Gasteiger partial charge in [-0.25, -0.2) is 9.97 Å². The summed E-state index contributed by atoms with van der Waals surface area (Å²) in [5, 5.41) is 11.2. The second-order valence-corrected chi connectivity index (χ2v) is 11.7. The molecule has 1 N–H and O–H groups in total. The highest BCUT2D eigenvalue weighted by molar-refractivity contribution is 7.19. The van der Waals surface area contributed by atoms with Crippen LogP contribution in [0.1, 0.15) is 75.7 Å². The first-order valence-electron chi connectivity index (χ1n) is 13.0. The second-order valence-electron chi connectivity index (χ2n) is 10.6. The minimum absolute atomic E-state index is 0.163. The quantitative estimate of drug-likeness (QED) is 0.638. The van der Waals surface area contributed by atoms with Crippen LogP contribution < -0.4 is 4.74 Å². The maximum absolute atomic E-state index is 11.7. The number of aliphatic hydroxyl groups is 1. The van der Waals surface area contributed by atoms with E-state index < -0.39 is 6.10 Å². The van der Waals surface area contributed by atoms with Gasteiger partial charge in [0.1, 0.15) is 23.4 Å². The molecule has 2 fully saturated rings. The number of hydrogen-bond acceptors (Lipinski definition) is 8. The lowest BCUT2D eigenvalue weighted by Crippen LogP contribution is -2.53. The zero-order valence-electron chi connectivity index (χ0n) is 20.7. The molecule has 0 aromatic carbocycles. The molecule has 2 atom stereocenters. The molecular weight excluding hydrogens is 448 g/mol. The van der Waals surface area contributed by atoms with Crippen molar-refractivity contribution in [2.45, 2.75) is 95.9 Å². The first kappa shape index (κ1) is 24.1. The summed E-state index contributed by atoms with van der Waals surface area (Å²) in [6.45, 7) is 10.7. The van der Waals surface area contributed by atoms with Crippen molar-refractivity contribution in [2.75, 3.05) is 26.2 Å². The number of aliphatic hydroxyl groups excluding tert-OH is 1. The van der Waals surface area contributed by atoms with Crippen molar-refractivity contribution in [1.29, 1.82) is 0 Å². The molecule has 1 saturated heterocycles. The number of thiophene rings is 1. The number of carbonyl (C=O) groups excluding carboxylic acids is 1. The van der Waals surface area contributed by atoms with Crippen molar-refractivity contribution in [1.82, 2.24) is 19.8 Å². The molecular formula is C26H38N4O3S. The van der Waals surface area contributed by atoms with Crippen LogP contribution in [0, 0.1) is 0 Å². The van der Waals surface area contributed by atoms with E-state index >= 15 is 0 Å². The average molecular weight is 487 g/mol. The van der Waals surface area contributed by atoms with Crippen molar-refractivity contribution in [3.8, 4) is 5.88 Å². The Morgan fingerprint density at radius 2 is 1.88 bits per heavy atom. The van der Waals surface area contributed by atoms with E-state index in [-0.39, 0.29) is 17.8 Å². The molecule has 186 valence electrons. The summed E-state index contributed by atoms with van der Waals surface area (Å²) in [7, 11) is 0. The molecule has 1 aliphatic heterocycles. The molecule has 2 aromatic heterocycles. The number of fused-ring (bicyclic) bond motifs is 3. The monoisotopic (exact) mass is 486 g/mol. The molecule has 0 unspecified atom stereocenters. The van der Waals surface area contributed by atoms with Crippen LogP contribution in [0.15, 0.2) is 6.33 Å². The Morgan fingerprint density at radius 1 is 1.15 bits per heavy atom. The SMILES string of the molecule is CC(=O)[C@H](O)C[C@H]1CCc2sc3ncnc(OC4CCC(N5CCN(C(C)C)CC5)CC4)c3c21. The molecule has 8 heteroatoms. The number of hydrogen-bond donors (Lipinski definition) is 1. The average Bonchev–Trinajstić information content (AvgIpc) is 3.39. The van der Waals surface area contributed by atoms with Gasteiger partial charge in [-0.05, 0) is 77.2 Å². The number of aryl methyl sites for hydroxylation is 1. The number of ether oxygens (including phenoxy) is 1. The first-order valence-corrected chi connectivity index (χ1v) is 13.8. The van der Waals surface area contributed by atoms with Crippen LogP contribution in [0.4, 0.5) is 0 Å². The third-order valence-corrected chi connectivity index (χ3v) is 9.36.